The quantitative estimate of drug-likeness (QED) is 0.293. The number of pyridine rings is 1. The van der Waals surface area contributed by atoms with Crippen LogP contribution in [0.3, 0.4) is 0 Å². The molecule has 0 spiro atoms. The second kappa shape index (κ2) is 11.9. The normalized spacial score (nSPS) is 13.0. The molecule has 0 fully saturated rings. The molecule has 3 N–H and O–H groups in total. The maximum Gasteiger partial charge on any atom is 0.264 e. The van der Waals surface area contributed by atoms with Gasteiger partial charge >= 0.3 is 0 Å². The Hall–Kier alpha value is -3.85. The molecule has 0 unspecified atom stereocenters. The van der Waals surface area contributed by atoms with E-state index in [1.807, 2.05) is 30.3 Å². The fourth-order valence-electron chi connectivity index (χ4n) is 3.92. The van der Waals surface area contributed by atoms with E-state index in [1.54, 1.807) is 60.9 Å². The van der Waals surface area contributed by atoms with Gasteiger partial charge in [0.1, 0.15) is 0 Å². The van der Waals surface area contributed by atoms with Crippen molar-refractivity contribution in [1.82, 2.24) is 15.0 Å². The van der Waals surface area contributed by atoms with E-state index < -0.39 is 22.0 Å². The Morgan fingerprint density at radius 2 is 1.54 bits per heavy atom. The minimum absolute atomic E-state index is 0.0190. The summed E-state index contributed by atoms with van der Waals surface area (Å²) in [5, 5.41) is 13.7. The molecular formula is C29H29N3O4S. The number of carbonyl (C=O) groups is 1. The number of amides is 1. The van der Waals surface area contributed by atoms with E-state index in [0.29, 0.717) is 6.54 Å². The van der Waals surface area contributed by atoms with E-state index in [9.17, 15) is 18.3 Å². The number of nitrogens with one attached hydrogen (secondary N) is 2. The van der Waals surface area contributed by atoms with Gasteiger partial charge in [0.25, 0.3) is 15.9 Å². The monoisotopic (exact) mass is 515 g/mol. The van der Waals surface area contributed by atoms with Gasteiger partial charge in [-0.15, -0.1) is 0 Å². The largest absolute Gasteiger partial charge is 0.387 e. The summed E-state index contributed by atoms with van der Waals surface area (Å²) < 4.78 is 27.4. The van der Waals surface area contributed by atoms with Crippen molar-refractivity contribution in [3.63, 3.8) is 0 Å². The summed E-state index contributed by atoms with van der Waals surface area (Å²) in [6, 6.07) is 26.5. The average Bonchev–Trinajstić information content (AvgIpc) is 2.93. The third kappa shape index (κ3) is 7.10. The summed E-state index contributed by atoms with van der Waals surface area (Å²) in [6.07, 6.45) is 3.52. The number of hydrogen-bond acceptors (Lipinski definition) is 6. The first-order valence-corrected chi connectivity index (χ1v) is 13.4. The van der Waals surface area contributed by atoms with Gasteiger partial charge in [-0.2, -0.15) is 0 Å². The van der Waals surface area contributed by atoms with E-state index in [4.69, 9.17) is 0 Å². The van der Waals surface area contributed by atoms with Crippen LogP contribution < -0.4 is 10.0 Å². The lowest BCUT2D eigenvalue weighted by atomic mass is 10.0. The van der Waals surface area contributed by atoms with Gasteiger partial charge in [-0.1, -0.05) is 60.7 Å². The molecule has 0 bridgehead atoms. The van der Waals surface area contributed by atoms with Gasteiger partial charge in [0.05, 0.1) is 11.0 Å². The van der Waals surface area contributed by atoms with Crippen LogP contribution in [0, 0.1) is 0 Å². The van der Waals surface area contributed by atoms with E-state index in [1.165, 1.54) is 12.1 Å². The fourth-order valence-corrected chi connectivity index (χ4v) is 4.89. The predicted octanol–water partition coefficient (Wildman–Crippen LogP) is 4.12. The van der Waals surface area contributed by atoms with Gasteiger partial charge in [0.2, 0.25) is 0 Å². The number of sulfonamides is 1. The molecule has 2 atom stereocenters. The summed E-state index contributed by atoms with van der Waals surface area (Å²) in [7, 11) is -3.98. The molecule has 0 saturated heterocycles. The molecule has 1 amide bonds. The second-order valence-corrected chi connectivity index (χ2v) is 10.5. The van der Waals surface area contributed by atoms with Crippen molar-refractivity contribution in [2.24, 2.45) is 0 Å². The highest BCUT2D eigenvalue weighted by Crippen LogP contribution is 2.22. The minimum atomic E-state index is -3.98. The minimum Gasteiger partial charge on any atom is -0.387 e. The molecular weight excluding hydrogens is 486 g/mol. The molecule has 190 valence electrons. The number of aromatic nitrogens is 1. The third-order valence-electron chi connectivity index (χ3n) is 5.99. The first kappa shape index (κ1) is 26.2. The molecule has 0 aliphatic rings. The lowest BCUT2D eigenvalue weighted by Gasteiger charge is -2.17. The maximum atomic E-state index is 12.6. The van der Waals surface area contributed by atoms with Crippen molar-refractivity contribution in [3.05, 3.63) is 120 Å². The Labute approximate surface area is 217 Å². The van der Waals surface area contributed by atoms with Crippen LogP contribution in [0.2, 0.25) is 0 Å². The zero-order valence-electron chi connectivity index (χ0n) is 20.4. The van der Waals surface area contributed by atoms with E-state index >= 15 is 0 Å². The Balaban J connectivity index is 1.33. The van der Waals surface area contributed by atoms with Crippen LogP contribution in [0.15, 0.2) is 108 Å². The van der Waals surface area contributed by atoms with Crippen LogP contribution in [0.4, 0.5) is 0 Å². The molecule has 0 aliphatic heterocycles. The van der Waals surface area contributed by atoms with Gasteiger partial charge < -0.3 is 10.4 Å². The van der Waals surface area contributed by atoms with Gasteiger partial charge in [-0.25, -0.2) is 13.1 Å². The van der Waals surface area contributed by atoms with E-state index in [0.717, 1.165) is 28.7 Å². The first-order chi connectivity index (χ1) is 17.8. The van der Waals surface area contributed by atoms with Gasteiger partial charge in [-0.3, -0.25) is 9.78 Å². The fraction of sp³-hybridized carbons (Fsp3) is 0.172. The molecule has 0 aliphatic carbocycles. The highest BCUT2D eigenvalue weighted by Gasteiger charge is 2.18. The molecule has 7 nitrogen and oxygen atoms in total. The van der Waals surface area contributed by atoms with Crippen LogP contribution in [0.25, 0.3) is 11.1 Å². The predicted molar refractivity (Wildman–Crippen MR) is 143 cm³/mol. The Kier molecular flexibility index (Phi) is 8.45. The molecule has 8 heteroatoms. The summed E-state index contributed by atoms with van der Waals surface area (Å²) >= 11 is 0. The van der Waals surface area contributed by atoms with E-state index in [2.05, 4.69) is 21.9 Å². The summed E-state index contributed by atoms with van der Waals surface area (Å²) in [5.41, 5.74) is 4.02. The highest BCUT2D eigenvalue weighted by atomic mass is 32.2. The second-order valence-electron chi connectivity index (χ2n) is 8.84. The summed E-state index contributed by atoms with van der Waals surface area (Å²) in [5.74, 6) is -0.671. The van der Waals surface area contributed by atoms with E-state index in [-0.39, 0.29) is 16.5 Å². The van der Waals surface area contributed by atoms with Crippen molar-refractivity contribution in [2.45, 2.75) is 30.4 Å². The molecule has 3 aromatic carbocycles. The van der Waals surface area contributed by atoms with Crippen LogP contribution in [-0.2, 0) is 16.4 Å². The van der Waals surface area contributed by atoms with Crippen LogP contribution in [0.5, 0.6) is 0 Å². The SMILES string of the molecule is C[C@H](Cc1ccc(-c2ccc(S(=O)(=O)NC(=O)c3ccccc3)cc2)cc1)NC[C@@H](O)c1cccnc1. The Morgan fingerprint density at radius 3 is 2.16 bits per heavy atom. The Morgan fingerprint density at radius 1 is 0.892 bits per heavy atom. The maximum absolute atomic E-state index is 12.6. The molecule has 0 saturated carbocycles. The lowest BCUT2D eigenvalue weighted by molar-refractivity contribution is 0.0981. The lowest BCUT2D eigenvalue weighted by Crippen LogP contribution is -2.32. The highest BCUT2D eigenvalue weighted by molar-refractivity contribution is 7.90. The van der Waals surface area contributed by atoms with Crippen molar-refractivity contribution in [2.75, 3.05) is 6.54 Å². The molecule has 4 rings (SSSR count). The number of rotatable bonds is 10. The first-order valence-electron chi connectivity index (χ1n) is 11.9. The molecule has 1 heterocycles. The third-order valence-corrected chi connectivity index (χ3v) is 7.33. The molecule has 4 aromatic rings. The van der Waals surface area contributed by atoms with Crippen LogP contribution >= 0.6 is 0 Å². The Bertz CT molecular complexity index is 1410. The number of aliphatic hydroxyl groups is 1. The van der Waals surface area contributed by atoms with Crippen LogP contribution in [-0.4, -0.2) is 37.0 Å². The van der Waals surface area contributed by atoms with Gasteiger partial charge in [0, 0.05) is 36.1 Å². The number of aliphatic hydroxyl groups excluding tert-OH is 1. The standard InChI is InChI=1S/C29H29N3O4S/c1-21(31-20-28(33)26-8-5-17-30-19-26)18-22-9-11-23(12-10-22)24-13-15-27(16-14-24)37(35,36)32-29(34)25-6-3-2-4-7-25/h2-17,19,21,28,31,33H,18,20H2,1H3,(H,32,34)/t21-,28-/m1/s1. The van der Waals surface area contributed by atoms with Crippen molar-refractivity contribution in [1.29, 1.82) is 0 Å². The molecule has 1 aromatic heterocycles. The van der Waals surface area contributed by atoms with Gasteiger partial charge in [-0.05, 0) is 60.4 Å². The zero-order valence-corrected chi connectivity index (χ0v) is 21.2. The number of hydrogen-bond donors (Lipinski definition) is 3. The van der Waals surface area contributed by atoms with Crippen molar-refractivity contribution >= 4 is 15.9 Å². The van der Waals surface area contributed by atoms with Crippen molar-refractivity contribution in [3.8, 4) is 11.1 Å². The van der Waals surface area contributed by atoms with Crippen LogP contribution in [0.1, 0.15) is 34.5 Å². The summed E-state index contributed by atoms with van der Waals surface area (Å²) in [4.78, 5) is 16.3. The number of carbonyl (C=O) groups excluding carboxylic acids is 1. The average molecular weight is 516 g/mol. The summed E-state index contributed by atoms with van der Waals surface area (Å²) in [6.45, 7) is 2.51. The zero-order chi connectivity index (χ0) is 26.3. The van der Waals surface area contributed by atoms with Crippen molar-refractivity contribution < 1.29 is 18.3 Å². The van der Waals surface area contributed by atoms with Gasteiger partial charge in [0.15, 0.2) is 0 Å². The smallest absolute Gasteiger partial charge is 0.264 e. The molecule has 37 heavy (non-hydrogen) atoms. The number of nitrogens with zero attached hydrogens (tertiary/aromatic N) is 1. The molecule has 0 radical (unpaired) electrons. The topological polar surface area (TPSA) is 108 Å². The number of benzene rings is 3.